The lowest BCUT2D eigenvalue weighted by Crippen LogP contribution is -2.53. The first-order valence-electron chi connectivity index (χ1n) is 5.29. The predicted octanol–water partition coefficient (Wildman–Crippen LogP) is 2.98. The van der Waals surface area contributed by atoms with E-state index in [4.69, 9.17) is 0 Å². The lowest BCUT2D eigenvalue weighted by molar-refractivity contribution is -0.144. The molecule has 0 radical (unpaired) electrons. The minimum atomic E-state index is -0.292. The number of rotatable bonds is 1. The largest absolute Gasteiger partial charge is 0.298 e. The van der Waals surface area contributed by atoms with Crippen molar-refractivity contribution in [3.63, 3.8) is 0 Å². The summed E-state index contributed by atoms with van der Waals surface area (Å²) in [6.07, 6.45) is 7.35. The number of hydrogen-bond donors (Lipinski definition) is 0. The van der Waals surface area contributed by atoms with Crippen LogP contribution in [0.5, 0.6) is 0 Å². The van der Waals surface area contributed by atoms with Gasteiger partial charge in [-0.05, 0) is 25.2 Å². The van der Waals surface area contributed by atoms with Crippen LogP contribution in [0.4, 0.5) is 0 Å². The van der Waals surface area contributed by atoms with E-state index in [9.17, 15) is 4.79 Å². The zero-order valence-corrected chi connectivity index (χ0v) is 9.21. The Labute approximate surface area is 85.9 Å². The number of carbonyl (C=O) groups excluding carboxylic acids is 1. The van der Waals surface area contributed by atoms with Crippen molar-refractivity contribution < 1.29 is 4.79 Å². The molecule has 0 aromatic carbocycles. The summed E-state index contributed by atoms with van der Waals surface area (Å²) in [4.78, 5) is 12.3. The summed E-state index contributed by atoms with van der Waals surface area (Å²) in [6.45, 7) is 10.0. The highest BCUT2D eigenvalue weighted by Gasteiger charge is 2.55. The van der Waals surface area contributed by atoms with E-state index in [1.54, 1.807) is 0 Å². The van der Waals surface area contributed by atoms with Gasteiger partial charge in [-0.25, -0.2) is 0 Å². The predicted molar refractivity (Wildman–Crippen MR) is 57.8 cm³/mol. The fourth-order valence-electron chi connectivity index (χ4n) is 3.02. The third-order valence-electron chi connectivity index (χ3n) is 4.24. The van der Waals surface area contributed by atoms with Crippen molar-refractivity contribution in [2.45, 2.75) is 27.2 Å². The first-order valence-corrected chi connectivity index (χ1v) is 5.29. The third kappa shape index (κ3) is 0.930. The van der Waals surface area contributed by atoms with Gasteiger partial charge in [0.2, 0.25) is 0 Å². The molecule has 0 N–H and O–H groups in total. The second-order valence-corrected chi connectivity index (χ2v) is 5.38. The normalized spacial score (nSPS) is 44.1. The van der Waals surface area contributed by atoms with Gasteiger partial charge in [0, 0.05) is 5.41 Å². The van der Waals surface area contributed by atoms with Crippen LogP contribution >= 0.6 is 0 Å². The van der Waals surface area contributed by atoms with E-state index in [1.807, 2.05) is 6.08 Å². The van der Waals surface area contributed by atoms with E-state index < -0.39 is 0 Å². The van der Waals surface area contributed by atoms with Crippen LogP contribution in [0.1, 0.15) is 27.2 Å². The van der Waals surface area contributed by atoms with Crippen LogP contribution in [0.15, 0.2) is 24.8 Å². The molecule has 0 amide bonds. The molecule has 0 aliphatic heterocycles. The van der Waals surface area contributed by atoms with E-state index in [2.05, 4.69) is 39.5 Å². The highest BCUT2D eigenvalue weighted by molar-refractivity contribution is 5.94. The first kappa shape index (κ1) is 9.70. The second kappa shape index (κ2) is 2.59. The van der Waals surface area contributed by atoms with Crippen molar-refractivity contribution in [3.8, 4) is 0 Å². The maximum atomic E-state index is 12.3. The van der Waals surface area contributed by atoms with Crippen LogP contribution in [0.3, 0.4) is 0 Å². The van der Waals surface area contributed by atoms with Gasteiger partial charge in [-0.3, -0.25) is 4.79 Å². The van der Waals surface area contributed by atoms with Gasteiger partial charge in [-0.1, -0.05) is 32.1 Å². The minimum absolute atomic E-state index is 0.178. The zero-order chi connectivity index (χ0) is 10.6. The summed E-state index contributed by atoms with van der Waals surface area (Å²) in [5.41, 5.74) is -0.469. The molecule has 3 aliphatic carbocycles. The molecule has 0 aromatic heterocycles. The molecular weight excluding hydrogens is 172 g/mol. The molecule has 3 atom stereocenters. The average Bonchev–Trinajstić information content (AvgIpc) is 2.14. The molecule has 1 nitrogen and oxygen atoms in total. The molecule has 0 spiro atoms. The van der Waals surface area contributed by atoms with E-state index in [0.29, 0.717) is 17.6 Å². The second-order valence-electron chi connectivity index (χ2n) is 5.38. The lowest BCUT2D eigenvalue weighted by Gasteiger charge is -2.52. The molecule has 1 heteroatoms. The fraction of sp³-hybridized carbons (Fsp3) is 0.615. The summed E-state index contributed by atoms with van der Waals surface area (Å²) in [7, 11) is 0. The number of carbonyl (C=O) groups is 1. The third-order valence-corrected chi connectivity index (χ3v) is 4.24. The maximum Gasteiger partial charge on any atom is 0.149 e. The molecule has 14 heavy (non-hydrogen) atoms. The highest BCUT2D eigenvalue weighted by atomic mass is 16.1. The Hall–Kier alpha value is -0.850. The summed E-state index contributed by atoms with van der Waals surface area (Å²) in [6, 6.07) is 0. The maximum absolute atomic E-state index is 12.3. The Balaban J connectivity index is 2.52. The van der Waals surface area contributed by atoms with Crippen molar-refractivity contribution in [3.05, 3.63) is 24.8 Å². The van der Waals surface area contributed by atoms with Crippen LogP contribution in [-0.4, -0.2) is 5.78 Å². The molecule has 0 aromatic rings. The van der Waals surface area contributed by atoms with Gasteiger partial charge in [-0.2, -0.15) is 0 Å². The van der Waals surface area contributed by atoms with Gasteiger partial charge >= 0.3 is 0 Å². The lowest BCUT2D eigenvalue weighted by atomic mass is 9.50. The van der Waals surface area contributed by atoms with Crippen molar-refractivity contribution >= 4 is 5.78 Å². The van der Waals surface area contributed by atoms with Gasteiger partial charge < -0.3 is 0 Å². The minimum Gasteiger partial charge on any atom is -0.298 e. The molecule has 3 rings (SSSR count). The van der Waals surface area contributed by atoms with E-state index >= 15 is 0 Å². The fourth-order valence-corrected chi connectivity index (χ4v) is 3.02. The van der Waals surface area contributed by atoms with Gasteiger partial charge in [0.15, 0.2) is 0 Å². The van der Waals surface area contributed by atoms with Gasteiger partial charge in [0.1, 0.15) is 5.78 Å². The molecule has 76 valence electrons. The molecule has 0 heterocycles. The number of fused-ring (bicyclic) bond motifs is 2. The molecule has 1 saturated carbocycles. The first-order chi connectivity index (χ1) is 6.43. The molecule has 3 aliphatic rings. The standard InChI is InChI=1S/C13H18O/c1-5-9-8-10-6-7-13(9,4)11(14)12(10,2)3/h5-7,9-10H,1,8H2,2-4H3/t9-,10+,13-/m1/s1. The van der Waals surface area contributed by atoms with Crippen LogP contribution < -0.4 is 0 Å². The van der Waals surface area contributed by atoms with Crippen molar-refractivity contribution in [2.75, 3.05) is 0 Å². The topological polar surface area (TPSA) is 17.1 Å². The zero-order valence-electron chi connectivity index (χ0n) is 9.21. The number of ketones is 1. The average molecular weight is 190 g/mol. The van der Waals surface area contributed by atoms with Crippen molar-refractivity contribution in [1.29, 1.82) is 0 Å². The molecular formula is C13H18O. The van der Waals surface area contributed by atoms with E-state index in [1.165, 1.54) is 0 Å². The summed E-state index contributed by atoms with van der Waals surface area (Å²) in [5, 5.41) is 0. The Bertz CT molecular complexity index is 324. The number of hydrogen-bond acceptors (Lipinski definition) is 1. The Morgan fingerprint density at radius 2 is 2.14 bits per heavy atom. The van der Waals surface area contributed by atoms with Crippen LogP contribution in [0.2, 0.25) is 0 Å². The molecule has 2 bridgehead atoms. The summed E-state index contributed by atoms with van der Waals surface area (Å²) < 4.78 is 0. The van der Waals surface area contributed by atoms with Gasteiger partial charge in [0.25, 0.3) is 0 Å². The van der Waals surface area contributed by atoms with Gasteiger partial charge in [-0.15, -0.1) is 6.58 Å². The van der Waals surface area contributed by atoms with Crippen LogP contribution in [0, 0.1) is 22.7 Å². The summed E-state index contributed by atoms with van der Waals surface area (Å²) in [5.74, 6) is 1.12. The monoisotopic (exact) mass is 190 g/mol. The van der Waals surface area contributed by atoms with E-state index in [0.717, 1.165) is 6.42 Å². The molecule has 1 fully saturated rings. The smallest absolute Gasteiger partial charge is 0.149 e. The Morgan fingerprint density at radius 3 is 2.71 bits per heavy atom. The van der Waals surface area contributed by atoms with Crippen molar-refractivity contribution in [1.82, 2.24) is 0 Å². The quantitative estimate of drug-likeness (QED) is 0.581. The van der Waals surface area contributed by atoms with Gasteiger partial charge in [0.05, 0.1) is 5.41 Å². The number of Topliss-reactive ketones (excluding diaryl/α,β-unsaturated/α-hetero) is 1. The van der Waals surface area contributed by atoms with E-state index in [-0.39, 0.29) is 10.8 Å². The Morgan fingerprint density at radius 1 is 1.50 bits per heavy atom. The highest BCUT2D eigenvalue weighted by Crippen LogP contribution is 2.55. The van der Waals surface area contributed by atoms with Crippen molar-refractivity contribution in [2.24, 2.45) is 22.7 Å². The Kier molecular flexibility index (Phi) is 1.79. The van der Waals surface area contributed by atoms with Crippen LogP contribution in [-0.2, 0) is 4.79 Å². The molecule has 0 unspecified atom stereocenters. The number of allylic oxidation sites excluding steroid dienone is 3. The molecule has 0 saturated heterocycles. The SMILES string of the molecule is C=C[C@@H]1C[C@@H]2C=C[C@@]1(C)C(=O)C2(C)C. The van der Waals surface area contributed by atoms with Crippen LogP contribution in [0.25, 0.3) is 0 Å². The summed E-state index contributed by atoms with van der Waals surface area (Å²) >= 11 is 0.